The van der Waals surface area contributed by atoms with Gasteiger partial charge in [-0.1, -0.05) is 42.8 Å². The van der Waals surface area contributed by atoms with Crippen LogP contribution in [0, 0.1) is 19.8 Å². The molecule has 38 heavy (non-hydrogen) atoms. The monoisotopic (exact) mass is 517 g/mol. The number of hydrogen-bond acceptors (Lipinski definition) is 6. The SMILES string of the molecule is CCC(C)OC(=O)C(CC1=CCCc2c(OCCc3nc(-c4ccc(C)cc4)oc3C)cccc21)C(=O)O. The van der Waals surface area contributed by atoms with Crippen molar-refractivity contribution in [1.82, 2.24) is 4.98 Å². The molecular weight excluding hydrogens is 482 g/mol. The summed E-state index contributed by atoms with van der Waals surface area (Å²) in [5, 5.41) is 9.73. The minimum Gasteiger partial charge on any atom is -0.493 e. The Labute approximate surface area is 223 Å². The summed E-state index contributed by atoms with van der Waals surface area (Å²) in [5.41, 5.74) is 5.77. The van der Waals surface area contributed by atoms with Crippen molar-refractivity contribution in [2.45, 2.75) is 65.9 Å². The number of esters is 1. The van der Waals surface area contributed by atoms with Crippen LogP contribution in [-0.2, 0) is 27.2 Å². The van der Waals surface area contributed by atoms with E-state index >= 15 is 0 Å². The molecule has 0 fully saturated rings. The summed E-state index contributed by atoms with van der Waals surface area (Å²) in [5.74, 6) is -0.977. The molecule has 2 atom stereocenters. The van der Waals surface area contributed by atoms with Crippen LogP contribution in [0.5, 0.6) is 5.75 Å². The van der Waals surface area contributed by atoms with Crippen LogP contribution in [0.25, 0.3) is 17.0 Å². The van der Waals surface area contributed by atoms with Crippen LogP contribution in [0.1, 0.15) is 61.3 Å². The lowest BCUT2D eigenvalue weighted by molar-refractivity contribution is -0.161. The number of oxazole rings is 1. The van der Waals surface area contributed by atoms with Crippen molar-refractivity contribution >= 4 is 17.5 Å². The molecule has 1 aliphatic rings. The summed E-state index contributed by atoms with van der Waals surface area (Å²) in [6.07, 6.45) is 4.53. The number of carboxylic acids is 1. The average Bonchev–Trinajstić information content (AvgIpc) is 3.27. The van der Waals surface area contributed by atoms with E-state index in [2.05, 4.69) is 4.98 Å². The number of nitrogens with zero attached hydrogens (tertiary/aromatic N) is 1. The summed E-state index contributed by atoms with van der Waals surface area (Å²) in [7, 11) is 0. The molecule has 0 amide bonds. The number of aromatic nitrogens is 1. The van der Waals surface area contributed by atoms with Crippen molar-refractivity contribution < 1.29 is 28.6 Å². The molecule has 0 radical (unpaired) electrons. The molecule has 0 spiro atoms. The predicted molar refractivity (Wildman–Crippen MR) is 145 cm³/mol. The average molecular weight is 518 g/mol. The van der Waals surface area contributed by atoms with E-state index in [0.29, 0.717) is 25.3 Å². The van der Waals surface area contributed by atoms with E-state index < -0.39 is 17.9 Å². The van der Waals surface area contributed by atoms with Gasteiger partial charge in [-0.05, 0) is 75.8 Å². The fraction of sp³-hybridized carbons (Fsp3) is 0.387. The molecule has 1 aromatic heterocycles. The summed E-state index contributed by atoms with van der Waals surface area (Å²) < 4.78 is 17.4. The molecule has 3 aromatic rings. The van der Waals surface area contributed by atoms with Gasteiger partial charge < -0.3 is 19.0 Å². The van der Waals surface area contributed by atoms with Crippen molar-refractivity contribution in [2.24, 2.45) is 5.92 Å². The lowest BCUT2D eigenvalue weighted by atomic mass is 9.85. The molecule has 0 aliphatic heterocycles. The normalized spacial score (nSPS) is 14.3. The van der Waals surface area contributed by atoms with Gasteiger partial charge in [-0.15, -0.1) is 0 Å². The van der Waals surface area contributed by atoms with Gasteiger partial charge in [-0.25, -0.2) is 4.98 Å². The lowest BCUT2D eigenvalue weighted by Gasteiger charge is -2.23. The zero-order valence-corrected chi connectivity index (χ0v) is 22.5. The van der Waals surface area contributed by atoms with Crippen LogP contribution in [0.2, 0.25) is 0 Å². The third-order valence-electron chi connectivity index (χ3n) is 6.95. The van der Waals surface area contributed by atoms with Crippen LogP contribution >= 0.6 is 0 Å². The number of carbonyl (C=O) groups excluding carboxylic acids is 1. The van der Waals surface area contributed by atoms with Crippen LogP contribution in [-0.4, -0.2) is 34.7 Å². The molecule has 0 bridgehead atoms. The number of hydrogen-bond donors (Lipinski definition) is 1. The molecule has 0 saturated carbocycles. The van der Waals surface area contributed by atoms with Crippen LogP contribution in [0.15, 0.2) is 53.0 Å². The third-order valence-corrected chi connectivity index (χ3v) is 6.95. The Morgan fingerprint density at radius 2 is 1.89 bits per heavy atom. The number of benzene rings is 2. The summed E-state index contributed by atoms with van der Waals surface area (Å²) in [4.78, 5) is 29.1. The first-order valence-electron chi connectivity index (χ1n) is 13.2. The van der Waals surface area contributed by atoms with Gasteiger partial charge in [-0.3, -0.25) is 9.59 Å². The first-order chi connectivity index (χ1) is 18.3. The number of aryl methyl sites for hydroxylation is 2. The maximum absolute atomic E-state index is 12.5. The predicted octanol–water partition coefficient (Wildman–Crippen LogP) is 6.34. The molecule has 1 N–H and O–H groups in total. The van der Waals surface area contributed by atoms with Crippen LogP contribution in [0.3, 0.4) is 0 Å². The van der Waals surface area contributed by atoms with Gasteiger partial charge in [0.2, 0.25) is 5.89 Å². The Morgan fingerprint density at radius 1 is 1.13 bits per heavy atom. The van der Waals surface area contributed by atoms with Crippen LogP contribution < -0.4 is 4.74 Å². The molecule has 2 aromatic carbocycles. The molecule has 4 rings (SSSR count). The number of ether oxygens (including phenoxy) is 2. The van der Waals surface area contributed by atoms with E-state index in [1.807, 2.05) is 69.3 Å². The number of aliphatic carboxylic acids is 1. The quantitative estimate of drug-likeness (QED) is 0.234. The number of rotatable bonds is 11. The number of allylic oxidation sites excluding steroid dienone is 2. The minimum absolute atomic E-state index is 0.0843. The van der Waals surface area contributed by atoms with E-state index in [9.17, 15) is 14.7 Å². The van der Waals surface area contributed by atoms with E-state index in [4.69, 9.17) is 13.9 Å². The highest BCUT2D eigenvalue weighted by Gasteiger charge is 2.31. The molecule has 1 heterocycles. The Hall–Kier alpha value is -3.87. The van der Waals surface area contributed by atoms with Gasteiger partial charge in [0.25, 0.3) is 0 Å². The second-order valence-corrected chi connectivity index (χ2v) is 9.79. The minimum atomic E-state index is -1.25. The topological polar surface area (TPSA) is 98.9 Å². The number of carboxylic acid groups (broad SMARTS) is 1. The van der Waals surface area contributed by atoms with Crippen molar-refractivity contribution in [1.29, 1.82) is 0 Å². The molecule has 7 nitrogen and oxygen atoms in total. The Kier molecular flexibility index (Phi) is 8.66. The molecule has 200 valence electrons. The lowest BCUT2D eigenvalue weighted by Crippen LogP contribution is -2.29. The Bertz CT molecular complexity index is 1320. The van der Waals surface area contributed by atoms with Crippen molar-refractivity contribution in [3.8, 4) is 17.2 Å². The second-order valence-electron chi connectivity index (χ2n) is 9.79. The van der Waals surface area contributed by atoms with Crippen molar-refractivity contribution in [3.63, 3.8) is 0 Å². The van der Waals surface area contributed by atoms with E-state index in [0.717, 1.165) is 52.3 Å². The first kappa shape index (κ1) is 27.2. The molecule has 2 unspecified atom stereocenters. The third kappa shape index (κ3) is 6.33. The fourth-order valence-electron chi connectivity index (χ4n) is 4.55. The molecule has 0 saturated heterocycles. The zero-order valence-electron chi connectivity index (χ0n) is 22.5. The van der Waals surface area contributed by atoms with Gasteiger partial charge >= 0.3 is 11.9 Å². The fourth-order valence-corrected chi connectivity index (χ4v) is 4.55. The Balaban J connectivity index is 1.44. The molecular formula is C31H35NO6. The highest BCUT2D eigenvalue weighted by Crippen LogP contribution is 2.36. The Morgan fingerprint density at radius 3 is 2.61 bits per heavy atom. The number of fused-ring (bicyclic) bond motifs is 1. The smallest absolute Gasteiger partial charge is 0.320 e. The van der Waals surface area contributed by atoms with Gasteiger partial charge in [0.15, 0.2) is 5.92 Å². The van der Waals surface area contributed by atoms with E-state index in [1.54, 1.807) is 6.92 Å². The highest BCUT2D eigenvalue weighted by atomic mass is 16.5. The van der Waals surface area contributed by atoms with Crippen molar-refractivity contribution in [2.75, 3.05) is 6.61 Å². The van der Waals surface area contributed by atoms with Crippen LogP contribution in [0.4, 0.5) is 0 Å². The maximum atomic E-state index is 12.5. The van der Waals surface area contributed by atoms with Crippen molar-refractivity contribution in [3.05, 3.63) is 76.7 Å². The molecule has 1 aliphatic carbocycles. The largest absolute Gasteiger partial charge is 0.493 e. The van der Waals surface area contributed by atoms with Gasteiger partial charge in [0.05, 0.1) is 18.4 Å². The summed E-state index contributed by atoms with van der Waals surface area (Å²) in [6.45, 7) is 8.03. The number of carbonyl (C=O) groups is 2. The summed E-state index contributed by atoms with van der Waals surface area (Å²) in [6, 6.07) is 13.9. The maximum Gasteiger partial charge on any atom is 0.320 e. The van der Waals surface area contributed by atoms with Gasteiger partial charge in [0.1, 0.15) is 11.5 Å². The first-order valence-corrected chi connectivity index (χ1v) is 13.2. The van der Waals surface area contributed by atoms with Gasteiger partial charge in [-0.2, -0.15) is 0 Å². The zero-order chi connectivity index (χ0) is 27.2. The molecule has 7 heteroatoms. The standard InChI is InChI=1S/C31H35NO6/c1-5-20(3)37-31(35)26(30(33)34)18-23-8-6-10-25-24(23)9-7-11-28(25)36-17-16-27-21(4)38-29(32-27)22-14-12-19(2)13-15-22/h7-9,11-15,20,26H,5-6,10,16-18H2,1-4H3,(H,33,34). The van der Waals surface area contributed by atoms with E-state index in [-0.39, 0.29) is 12.5 Å². The van der Waals surface area contributed by atoms with E-state index in [1.165, 1.54) is 5.56 Å². The highest BCUT2D eigenvalue weighted by molar-refractivity contribution is 5.96. The second kappa shape index (κ2) is 12.1. The van der Waals surface area contributed by atoms with Gasteiger partial charge in [0, 0.05) is 17.5 Å². The summed E-state index contributed by atoms with van der Waals surface area (Å²) >= 11 is 0.